The summed E-state index contributed by atoms with van der Waals surface area (Å²) in [4.78, 5) is 33.5. The van der Waals surface area contributed by atoms with Gasteiger partial charge in [0.1, 0.15) is 6.04 Å². The number of unbranched alkanes of at least 4 members (excludes halogenated alkanes) is 1. The molecule has 0 saturated carbocycles. The summed E-state index contributed by atoms with van der Waals surface area (Å²) in [6.45, 7) is 9.36. The first-order valence-electron chi connectivity index (χ1n) is 10.0. The number of urea groups is 1. The Labute approximate surface area is 208 Å². The number of hydrogen-bond acceptors (Lipinski definition) is 3. The smallest absolute Gasteiger partial charge is 0.329 e. The molecule has 0 bridgehead atoms. The fourth-order valence-corrected chi connectivity index (χ4v) is 2.83. The van der Waals surface area contributed by atoms with Crippen LogP contribution in [-0.4, -0.2) is 23.9 Å². The van der Waals surface area contributed by atoms with Crippen molar-refractivity contribution in [3.05, 3.63) is 62.5 Å². The number of nitrogens with zero attached hydrogens (tertiary/aromatic N) is 1. The number of imide groups is 1. The average Bonchev–Trinajstić information content (AvgIpc) is 2.95. The van der Waals surface area contributed by atoms with E-state index >= 15 is 0 Å². The predicted octanol–water partition coefficient (Wildman–Crippen LogP) is 6.49. The highest BCUT2D eigenvalue weighted by Gasteiger charge is 2.36. The Kier molecular flexibility index (Phi) is 14.6. The third-order valence-electron chi connectivity index (χ3n) is 3.75. The molecule has 0 radical (unpaired) electrons. The molecule has 1 saturated heterocycles. The van der Waals surface area contributed by atoms with E-state index in [0.717, 1.165) is 9.37 Å². The lowest BCUT2D eigenvalue weighted by molar-refractivity contribution is -0.118. The number of halogens is 3. The van der Waals surface area contributed by atoms with Crippen LogP contribution in [0.15, 0.2) is 46.9 Å². The molecule has 6 nitrogen and oxygen atoms in total. The van der Waals surface area contributed by atoms with Crippen LogP contribution in [0.2, 0.25) is 10.0 Å². The van der Waals surface area contributed by atoms with Gasteiger partial charge in [0.15, 0.2) is 0 Å². The van der Waals surface area contributed by atoms with E-state index in [0.29, 0.717) is 15.7 Å². The van der Waals surface area contributed by atoms with Gasteiger partial charge in [0.2, 0.25) is 5.91 Å². The van der Waals surface area contributed by atoms with E-state index < -0.39 is 12.1 Å². The first-order valence-corrected chi connectivity index (χ1v) is 11.6. The largest absolute Gasteiger partial charge is 0.370 e. The molecular formula is C23H30BrCl2N3O3. The minimum Gasteiger partial charge on any atom is -0.370 e. The van der Waals surface area contributed by atoms with Crippen LogP contribution in [0.25, 0.3) is 0 Å². The molecule has 0 spiro atoms. The van der Waals surface area contributed by atoms with Gasteiger partial charge in [0.05, 0.1) is 5.69 Å². The zero-order valence-corrected chi connectivity index (χ0v) is 22.0. The van der Waals surface area contributed by atoms with Crippen molar-refractivity contribution in [2.75, 3.05) is 4.90 Å². The Balaban J connectivity index is 0.000000499. The topological polar surface area (TPSA) is 92.5 Å². The lowest BCUT2D eigenvalue weighted by atomic mass is 10.2. The van der Waals surface area contributed by atoms with Crippen molar-refractivity contribution in [1.82, 2.24) is 5.32 Å². The van der Waals surface area contributed by atoms with Crippen molar-refractivity contribution in [3.63, 3.8) is 0 Å². The second-order valence-corrected chi connectivity index (χ2v) is 8.67. The van der Waals surface area contributed by atoms with Crippen molar-refractivity contribution in [3.8, 4) is 0 Å². The van der Waals surface area contributed by atoms with Gasteiger partial charge < -0.3 is 11.1 Å². The lowest BCUT2D eigenvalue weighted by Gasteiger charge is -2.13. The summed E-state index contributed by atoms with van der Waals surface area (Å²) in [5.41, 5.74) is 6.15. The molecule has 1 heterocycles. The molecule has 0 aliphatic carbocycles. The number of primary amides is 1. The summed E-state index contributed by atoms with van der Waals surface area (Å²) < 4.78 is 1.14. The fourth-order valence-electron chi connectivity index (χ4n) is 2.05. The van der Waals surface area contributed by atoms with E-state index in [1.54, 1.807) is 6.92 Å². The molecule has 2 aromatic carbocycles. The van der Waals surface area contributed by atoms with Crippen LogP contribution < -0.4 is 16.0 Å². The number of aryl methyl sites for hydroxylation is 1. The van der Waals surface area contributed by atoms with Crippen molar-refractivity contribution in [1.29, 1.82) is 0 Å². The summed E-state index contributed by atoms with van der Waals surface area (Å²) in [6, 6.07) is 11.8. The minimum absolute atomic E-state index is 0.316. The third-order valence-corrected chi connectivity index (χ3v) is 4.72. The van der Waals surface area contributed by atoms with Gasteiger partial charge in [-0.15, -0.1) is 0 Å². The number of amides is 4. The van der Waals surface area contributed by atoms with Gasteiger partial charge in [-0.3, -0.25) is 9.59 Å². The predicted molar refractivity (Wildman–Crippen MR) is 136 cm³/mol. The van der Waals surface area contributed by atoms with Crippen molar-refractivity contribution < 1.29 is 14.4 Å². The van der Waals surface area contributed by atoms with Crippen LogP contribution in [0.5, 0.6) is 0 Å². The molecule has 1 aliphatic heterocycles. The maximum atomic E-state index is 11.7. The van der Waals surface area contributed by atoms with Crippen LogP contribution in [-0.2, 0) is 9.59 Å². The Hall–Kier alpha value is -2.09. The maximum absolute atomic E-state index is 11.7. The molecule has 1 aliphatic rings. The molecule has 3 N–H and O–H groups in total. The number of carbonyl (C=O) groups excluding carboxylic acids is 3. The minimum atomic E-state index is -0.523. The molecule has 9 heteroatoms. The normalized spacial score (nSPS) is 14.1. The zero-order valence-electron chi connectivity index (χ0n) is 18.9. The fraction of sp³-hybridized carbons (Fsp3) is 0.348. The molecule has 1 unspecified atom stereocenters. The van der Waals surface area contributed by atoms with Gasteiger partial charge >= 0.3 is 6.03 Å². The van der Waals surface area contributed by atoms with E-state index in [9.17, 15) is 14.4 Å². The highest BCUT2D eigenvalue weighted by Crippen LogP contribution is 2.27. The molecule has 2 aromatic rings. The zero-order chi connectivity index (χ0) is 24.8. The van der Waals surface area contributed by atoms with Gasteiger partial charge in [-0.1, -0.05) is 83.5 Å². The van der Waals surface area contributed by atoms with Crippen LogP contribution in [0.1, 0.15) is 46.1 Å². The molecule has 32 heavy (non-hydrogen) atoms. The Bertz CT molecular complexity index is 845. The summed E-state index contributed by atoms with van der Waals surface area (Å²) in [7, 11) is 0. The Morgan fingerprint density at radius 3 is 1.81 bits per heavy atom. The van der Waals surface area contributed by atoms with Gasteiger partial charge in [0, 0.05) is 21.4 Å². The van der Waals surface area contributed by atoms with Crippen molar-refractivity contribution in [2.24, 2.45) is 5.73 Å². The molecule has 1 fully saturated rings. The lowest BCUT2D eigenvalue weighted by Crippen LogP contribution is -2.30. The number of carbonyl (C=O) groups is 3. The van der Waals surface area contributed by atoms with E-state index in [1.807, 2.05) is 12.1 Å². The first kappa shape index (κ1) is 29.9. The molecule has 176 valence electrons. The van der Waals surface area contributed by atoms with Crippen LogP contribution in [0.3, 0.4) is 0 Å². The van der Waals surface area contributed by atoms with Crippen molar-refractivity contribution >= 4 is 62.7 Å². The second-order valence-electron chi connectivity index (χ2n) is 6.88. The Morgan fingerprint density at radius 1 is 1.06 bits per heavy atom. The number of nitrogens with one attached hydrogen (secondary N) is 1. The molecule has 4 amide bonds. The van der Waals surface area contributed by atoms with E-state index in [-0.39, 0.29) is 11.8 Å². The standard InChI is InChI=1S/C10H8Cl2N2O2.C7H7Br.C4H10.C2H5NO/c1-5-9(15)14(10(16)13-5)8-3-6(11)2-7(12)4-8;1-6-2-4-7(8)5-3-6;1-3-4-2;1-2(3)4/h2-5H,1H3,(H,13,16);2-5H,1H3;3-4H2,1-2H3;1H3,(H2,3,4). The maximum Gasteiger partial charge on any atom is 0.329 e. The molecule has 3 rings (SSSR count). The monoisotopic (exact) mass is 545 g/mol. The summed E-state index contributed by atoms with van der Waals surface area (Å²) >= 11 is 15.0. The first-order chi connectivity index (χ1) is 14.9. The quantitative estimate of drug-likeness (QED) is 0.421. The van der Waals surface area contributed by atoms with Gasteiger partial charge in [-0.25, -0.2) is 9.69 Å². The summed E-state index contributed by atoms with van der Waals surface area (Å²) in [5, 5.41) is 3.26. The highest BCUT2D eigenvalue weighted by molar-refractivity contribution is 9.10. The third kappa shape index (κ3) is 12.1. The number of benzene rings is 2. The van der Waals surface area contributed by atoms with Crippen molar-refractivity contribution in [2.45, 2.75) is 53.5 Å². The molecular weight excluding hydrogens is 517 g/mol. The number of nitrogens with two attached hydrogens (primary N) is 1. The Morgan fingerprint density at radius 2 is 1.50 bits per heavy atom. The van der Waals surface area contributed by atoms with Crippen LogP contribution >= 0.6 is 39.1 Å². The van der Waals surface area contributed by atoms with Gasteiger partial charge in [-0.2, -0.15) is 0 Å². The van der Waals surface area contributed by atoms with Gasteiger partial charge in [-0.05, 0) is 44.2 Å². The molecule has 1 atom stereocenters. The summed E-state index contributed by atoms with van der Waals surface area (Å²) in [6.07, 6.45) is 2.64. The van der Waals surface area contributed by atoms with E-state index in [2.05, 4.69) is 59.9 Å². The number of hydrogen-bond donors (Lipinski definition) is 2. The van der Waals surface area contributed by atoms with E-state index in [1.165, 1.54) is 43.5 Å². The second kappa shape index (κ2) is 15.7. The highest BCUT2D eigenvalue weighted by atomic mass is 79.9. The van der Waals surface area contributed by atoms with Crippen LogP contribution in [0, 0.1) is 6.92 Å². The number of rotatable bonds is 2. The number of anilines is 1. The summed E-state index contributed by atoms with van der Waals surface area (Å²) in [5.74, 6) is -0.650. The van der Waals surface area contributed by atoms with Gasteiger partial charge in [0.25, 0.3) is 5.91 Å². The van der Waals surface area contributed by atoms with Crippen LogP contribution in [0.4, 0.5) is 10.5 Å². The molecule has 0 aromatic heterocycles. The van der Waals surface area contributed by atoms with E-state index in [4.69, 9.17) is 23.2 Å². The SMILES string of the molecule is CC(N)=O.CC1NC(=O)N(c2cc(Cl)cc(Cl)c2)C1=O.CCCC.Cc1ccc(Br)cc1. The average molecular weight is 547 g/mol.